The van der Waals surface area contributed by atoms with Crippen molar-refractivity contribution in [1.29, 1.82) is 0 Å². The predicted molar refractivity (Wildman–Crippen MR) is 85.0 cm³/mol. The summed E-state index contributed by atoms with van der Waals surface area (Å²) in [6, 6.07) is 9.52. The highest BCUT2D eigenvalue weighted by Crippen LogP contribution is 2.28. The highest BCUT2D eigenvalue weighted by molar-refractivity contribution is 6.33. The smallest absolute Gasteiger partial charge is 0.204 e. The van der Waals surface area contributed by atoms with Crippen LogP contribution in [0, 0.1) is 0 Å². The molecule has 0 saturated carbocycles. The maximum atomic E-state index is 6.38. The highest BCUT2D eigenvalue weighted by Gasteiger charge is 2.09. The van der Waals surface area contributed by atoms with E-state index in [1.165, 1.54) is 0 Å². The molecule has 0 aliphatic rings. The third-order valence-electron chi connectivity index (χ3n) is 3.39. The van der Waals surface area contributed by atoms with Gasteiger partial charge in [0.15, 0.2) is 0 Å². The molecule has 4 aromatic rings. The Hall–Kier alpha value is -3.06. The molecule has 0 aliphatic heterocycles. The molecule has 112 valence electrons. The number of nitrogens with zero attached hydrogens (tertiary/aromatic N) is 6. The molecule has 0 fully saturated rings. The number of halogens is 1. The van der Waals surface area contributed by atoms with E-state index >= 15 is 0 Å². The van der Waals surface area contributed by atoms with Crippen molar-refractivity contribution in [3.05, 3.63) is 60.3 Å². The van der Waals surface area contributed by atoms with Gasteiger partial charge < -0.3 is 4.57 Å². The van der Waals surface area contributed by atoms with Gasteiger partial charge in [-0.2, -0.15) is 5.21 Å². The summed E-state index contributed by atoms with van der Waals surface area (Å²) in [5, 5.41) is 14.5. The molecule has 7 nitrogen and oxygen atoms in total. The van der Waals surface area contributed by atoms with Crippen LogP contribution in [0.15, 0.2) is 55.2 Å². The molecule has 0 aliphatic carbocycles. The van der Waals surface area contributed by atoms with Gasteiger partial charge in [-0.25, -0.2) is 4.98 Å². The molecule has 0 amide bonds. The Labute approximate surface area is 136 Å². The number of aromatic nitrogens is 7. The number of pyridine rings is 1. The second kappa shape index (κ2) is 5.62. The molecule has 0 atom stereocenters. The maximum Gasteiger partial charge on any atom is 0.204 e. The van der Waals surface area contributed by atoms with Crippen molar-refractivity contribution in [3.63, 3.8) is 0 Å². The highest BCUT2D eigenvalue weighted by atomic mass is 35.5. The summed E-state index contributed by atoms with van der Waals surface area (Å²) in [4.78, 5) is 8.48. The van der Waals surface area contributed by atoms with E-state index in [1.54, 1.807) is 18.7 Å². The van der Waals surface area contributed by atoms with Gasteiger partial charge in [-0.1, -0.05) is 35.9 Å². The zero-order chi connectivity index (χ0) is 15.6. The lowest BCUT2D eigenvalue weighted by molar-refractivity contribution is 0.881. The molecule has 3 heterocycles. The summed E-state index contributed by atoms with van der Waals surface area (Å²) in [7, 11) is 0. The Balaban J connectivity index is 1.68. The normalized spacial score (nSPS) is 10.8. The molecule has 1 aromatic carbocycles. The molecule has 0 unspecified atom stereocenters. The average Bonchev–Trinajstić information content (AvgIpc) is 3.29. The predicted octanol–water partition coefficient (Wildman–Crippen LogP) is 2.77. The molecule has 4 rings (SSSR count). The third-order valence-corrected chi connectivity index (χ3v) is 3.68. The molecule has 3 aromatic heterocycles. The van der Waals surface area contributed by atoms with Gasteiger partial charge in [0.05, 0.1) is 28.9 Å². The molecule has 0 spiro atoms. The fraction of sp³-hybridized carbons (Fsp3) is 0. The number of hydrogen-bond acceptors (Lipinski definition) is 5. The first-order valence-electron chi connectivity index (χ1n) is 6.79. The summed E-state index contributed by atoms with van der Waals surface area (Å²) in [6.45, 7) is 0. The summed E-state index contributed by atoms with van der Waals surface area (Å²) >= 11 is 6.38. The average molecular weight is 324 g/mol. The number of nitrogens with one attached hydrogen (secondary N) is 1. The van der Waals surface area contributed by atoms with Crippen LogP contribution in [0.1, 0.15) is 0 Å². The number of rotatable bonds is 3. The minimum absolute atomic E-state index is 0.547. The van der Waals surface area contributed by atoms with E-state index < -0.39 is 0 Å². The van der Waals surface area contributed by atoms with Crippen LogP contribution in [0.5, 0.6) is 0 Å². The number of imidazole rings is 1. The van der Waals surface area contributed by atoms with Crippen LogP contribution in [-0.2, 0) is 0 Å². The quantitative estimate of drug-likeness (QED) is 0.626. The van der Waals surface area contributed by atoms with E-state index in [-0.39, 0.29) is 0 Å². The number of tetrazole rings is 1. The Morgan fingerprint density at radius 2 is 1.91 bits per heavy atom. The van der Waals surface area contributed by atoms with Crippen molar-refractivity contribution in [3.8, 4) is 28.3 Å². The van der Waals surface area contributed by atoms with E-state index in [9.17, 15) is 0 Å². The van der Waals surface area contributed by atoms with Crippen LogP contribution in [0.25, 0.3) is 28.3 Å². The van der Waals surface area contributed by atoms with Crippen molar-refractivity contribution in [2.45, 2.75) is 0 Å². The molecule has 0 saturated heterocycles. The largest absolute Gasteiger partial charge is 0.305 e. The molecule has 8 heteroatoms. The van der Waals surface area contributed by atoms with Crippen LogP contribution >= 0.6 is 11.6 Å². The molecular formula is C15H10ClN7. The van der Waals surface area contributed by atoms with E-state index in [0.717, 1.165) is 22.5 Å². The molecular weight excluding hydrogens is 314 g/mol. The van der Waals surface area contributed by atoms with Gasteiger partial charge in [0.2, 0.25) is 5.82 Å². The van der Waals surface area contributed by atoms with Crippen LogP contribution in [0.4, 0.5) is 0 Å². The van der Waals surface area contributed by atoms with Crippen LogP contribution < -0.4 is 0 Å². The molecule has 0 bridgehead atoms. The van der Waals surface area contributed by atoms with Gasteiger partial charge >= 0.3 is 0 Å². The lowest BCUT2D eigenvalue weighted by atomic mass is 10.1. The van der Waals surface area contributed by atoms with E-state index in [0.29, 0.717) is 10.8 Å². The Morgan fingerprint density at radius 3 is 2.57 bits per heavy atom. The standard InChI is InChI=1S/C15H10ClN7/c16-13-7-12(23-6-5-17-9-23)8-18-14(13)10-1-3-11(4-2-10)15-19-21-22-20-15/h1-9H,(H,19,20,21,22). The van der Waals surface area contributed by atoms with Gasteiger partial charge in [-0.05, 0) is 11.3 Å². The summed E-state index contributed by atoms with van der Waals surface area (Å²) in [5.41, 5.74) is 3.36. The second-order valence-electron chi connectivity index (χ2n) is 4.81. The van der Waals surface area contributed by atoms with Crippen LogP contribution in [-0.4, -0.2) is 35.2 Å². The third kappa shape index (κ3) is 2.58. The van der Waals surface area contributed by atoms with E-state index in [1.807, 2.05) is 41.1 Å². The summed E-state index contributed by atoms with van der Waals surface area (Å²) in [6.07, 6.45) is 7.01. The molecule has 1 N–H and O–H groups in total. The number of hydrogen-bond donors (Lipinski definition) is 1. The topological polar surface area (TPSA) is 85.2 Å². The van der Waals surface area contributed by atoms with Gasteiger partial charge in [-0.15, -0.1) is 10.2 Å². The summed E-state index contributed by atoms with van der Waals surface area (Å²) in [5.74, 6) is 0.547. The van der Waals surface area contributed by atoms with Crippen molar-refractivity contribution in [1.82, 2.24) is 35.2 Å². The van der Waals surface area contributed by atoms with Gasteiger partial charge in [0.1, 0.15) is 0 Å². The van der Waals surface area contributed by atoms with Gasteiger partial charge in [0.25, 0.3) is 0 Å². The first-order valence-corrected chi connectivity index (χ1v) is 7.17. The number of aromatic amines is 1. The van der Waals surface area contributed by atoms with Gasteiger partial charge in [0, 0.05) is 23.5 Å². The lowest BCUT2D eigenvalue weighted by Gasteiger charge is -2.07. The minimum Gasteiger partial charge on any atom is -0.305 e. The number of H-pyrrole nitrogens is 1. The van der Waals surface area contributed by atoms with Crippen molar-refractivity contribution in [2.24, 2.45) is 0 Å². The Kier molecular flexibility index (Phi) is 3.32. The SMILES string of the molecule is Clc1cc(-n2ccnc2)cnc1-c1ccc(-c2nn[nH]n2)cc1. The number of benzene rings is 1. The fourth-order valence-corrected chi connectivity index (χ4v) is 2.52. The van der Waals surface area contributed by atoms with Crippen molar-refractivity contribution < 1.29 is 0 Å². The first kappa shape index (κ1) is 13.6. The van der Waals surface area contributed by atoms with Crippen molar-refractivity contribution in [2.75, 3.05) is 0 Å². The first-order chi connectivity index (χ1) is 11.3. The zero-order valence-corrected chi connectivity index (χ0v) is 12.5. The van der Waals surface area contributed by atoms with Crippen molar-refractivity contribution >= 4 is 11.6 Å². The Bertz CT molecular complexity index is 915. The fourth-order valence-electron chi connectivity index (χ4n) is 2.25. The van der Waals surface area contributed by atoms with Crippen LogP contribution in [0.3, 0.4) is 0 Å². The van der Waals surface area contributed by atoms with Crippen LogP contribution in [0.2, 0.25) is 5.02 Å². The molecule has 23 heavy (non-hydrogen) atoms. The zero-order valence-electron chi connectivity index (χ0n) is 11.8. The lowest BCUT2D eigenvalue weighted by Crippen LogP contribution is -1.93. The van der Waals surface area contributed by atoms with Gasteiger partial charge in [-0.3, -0.25) is 4.98 Å². The maximum absolute atomic E-state index is 6.38. The monoisotopic (exact) mass is 323 g/mol. The van der Waals surface area contributed by atoms with E-state index in [4.69, 9.17) is 11.6 Å². The second-order valence-corrected chi connectivity index (χ2v) is 5.21. The van der Waals surface area contributed by atoms with E-state index in [2.05, 4.69) is 30.6 Å². The minimum atomic E-state index is 0.547. The molecule has 0 radical (unpaired) electrons. The summed E-state index contributed by atoms with van der Waals surface area (Å²) < 4.78 is 1.85. The Morgan fingerprint density at radius 1 is 1.09 bits per heavy atom.